The summed E-state index contributed by atoms with van der Waals surface area (Å²) in [6, 6.07) is 7.63. The molecule has 2 heterocycles. The number of rotatable bonds is 5. The van der Waals surface area contributed by atoms with Gasteiger partial charge in [0.15, 0.2) is 5.65 Å². The van der Waals surface area contributed by atoms with Crippen molar-refractivity contribution in [2.24, 2.45) is 12.8 Å². The van der Waals surface area contributed by atoms with E-state index in [2.05, 4.69) is 20.4 Å². The highest BCUT2D eigenvalue weighted by atomic mass is 16.5. The van der Waals surface area contributed by atoms with E-state index in [1.165, 1.54) is 6.33 Å². The SMILES string of the molecule is Cn1ncc2c(Nc3ccc(OCCN)cc3)ncnc21. The van der Waals surface area contributed by atoms with Gasteiger partial charge in [-0.2, -0.15) is 5.10 Å². The fourth-order valence-electron chi connectivity index (χ4n) is 2.01. The third-order valence-electron chi connectivity index (χ3n) is 3.03. The first-order chi connectivity index (χ1) is 10.3. The molecule has 0 saturated heterocycles. The zero-order valence-corrected chi connectivity index (χ0v) is 11.7. The van der Waals surface area contributed by atoms with Crippen LogP contribution in [0.1, 0.15) is 0 Å². The molecule has 7 heteroatoms. The Morgan fingerprint density at radius 3 is 2.81 bits per heavy atom. The van der Waals surface area contributed by atoms with Crippen molar-refractivity contribution in [3.8, 4) is 5.75 Å². The Hall–Kier alpha value is -2.67. The zero-order chi connectivity index (χ0) is 14.7. The predicted octanol–water partition coefficient (Wildman–Crippen LogP) is 1.44. The monoisotopic (exact) mass is 284 g/mol. The second-order valence-corrected chi connectivity index (χ2v) is 4.51. The molecule has 0 saturated carbocycles. The van der Waals surface area contributed by atoms with Crippen molar-refractivity contribution in [1.82, 2.24) is 19.7 Å². The molecule has 108 valence electrons. The molecule has 0 aliphatic rings. The first-order valence-electron chi connectivity index (χ1n) is 6.60. The van der Waals surface area contributed by atoms with E-state index in [1.54, 1.807) is 10.9 Å². The van der Waals surface area contributed by atoms with E-state index >= 15 is 0 Å². The predicted molar refractivity (Wildman–Crippen MR) is 80.6 cm³/mol. The van der Waals surface area contributed by atoms with Gasteiger partial charge in [-0.15, -0.1) is 0 Å². The number of ether oxygens (including phenoxy) is 1. The van der Waals surface area contributed by atoms with Crippen molar-refractivity contribution in [2.75, 3.05) is 18.5 Å². The topological polar surface area (TPSA) is 90.9 Å². The highest BCUT2D eigenvalue weighted by Crippen LogP contribution is 2.23. The molecular weight excluding hydrogens is 268 g/mol. The van der Waals surface area contributed by atoms with Crippen LogP contribution in [0.4, 0.5) is 11.5 Å². The smallest absolute Gasteiger partial charge is 0.163 e. The number of fused-ring (bicyclic) bond motifs is 1. The number of anilines is 2. The molecule has 21 heavy (non-hydrogen) atoms. The van der Waals surface area contributed by atoms with Gasteiger partial charge in [0.1, 0.15) is 24.5 Å². The molecule has 3 rings (SSSR count). The molecule has 2 aromatic heterocycles. The van der Waals surface area contributed by atoms with E-state index in [1.807, 2.05) is 31.3 Å². The standard InChI is InChI=1S/C14H16N6O/c1-20-14-12(8-18-20)13(16-9-17-14)19-10-2-4-11(5-3-10)21-7-6-15/h2-5,8-9H,6-7,15H2,1H3,(H,16,17,19). The second-order valence-electron chi connectivity index (χ2n) is 4.51. The third-order valence-corrected chi connectivity index (χ3v) is 3.03. The Morgan fingerprint density at radius 2 is 2.05 bits per heavy atom. The second kappa shape index (κ2) is 5.76. The maximum absolute atomic E-state index is 5.44. The fourth-order valence-corrected chi connectivity index (χ4v) is 2.01. The molecule has 0 fully saturated rings. The van der Waals surface area contributed by atoms with Gasteiger partial charge in [-0.3, -0.25) is 4.68 Å². The van der Waals surface area contributed by atoms with Gasteiger partial charge in [-0.25, -0.2) is 9.97 Å². The lowest BCUT2D eigenvalue weighted by atomic mass is 10.3. The first kappa shape index (κ1) is 13.3. The molecule has 0 amide bonds. The van der Waals surface area contributed by atoms with Gasteiger partial charge in [0, 0.05) is 19.3 Å². The quantitative estimate of drug-likeness (QED) is 0.737. The lowest BCUT2D eigenvalue weighted by Gasteiger charge is -2.08. The van der Waals surface area contributed by atoms with Crippen LogP contribution in [0.3, 0.4) is 0 Å². The van der Waals surface area contributed by atoms with Crippen LogP contribution in [0.5, 0.6) is 5.75 Å². The van der Waals surface area contributed by atoms with Crippen LogP contribution in [0.25, 0.3) is 11.0 Å². The third kappa shape index (κ3) is 2.77. The minimum Gasteiger partial charge on any atom is -0.492 e. The molecule has 0 aliphatic heterocycles. The van der Waals surface area contributed by atoms with Crippen molar-refractivity contribution >= 4 is 22.5 Å². The molecule has 0 radical (unpaired) electrons. The summed E-state index contributed by atoms with van der Waals surface area (Å²) in [6.07, 6.45) is 3.27. The van der Waals surface area contributed by atoms with Crippen molar-refractivity contribution in [1.29, 1.82) is 0 Å². The van der Waals surface area contributed by atoms with Crippen LogP contribution in [-0.4, -0.2) is 32.9 Å². The zero-order valence-electron chi connectivity index (χ0n) is 11.7. The van der Waals surface area contributed by atoms with Crippen LogP contribution in [0, 0.1) is 0 Å². The van der Waals surface area contributed by atoms with E-state index in [0.717, 1.165) is 28.3 Å². The van der Waals surface area contributed by atoms with E-state index in [4.69, 9.17) is 10.5 Å². The van der Waals surface area contributed by atoms with Gasteiger partial charge in [0.25, 0.3) is 0 Å². The van der Waals surface area contributed by atoms with Crippen LogP contribution < -0.4 is 15.8 Å². The minimum absolute atomic E-state index is 0.500. The Morgan fingerprint density at radius 1 is 1.24 bits per heavy atom. The van der Waals surface area contributed by atoms with E-state index in [0.29, 0.717) is 13.2 Å². The molecule has 0 bridgehead atoms. The maximum atomic E-state index is 5.44. The average Bonchev–Trinajstić information content (AvgIpc) is 2.89. The number of nitrogens with two attached hydrogens (primary N) is 1. The molecule has 0 unspecified atom stereocenters. The highest BCUT2D eigenvalue weighted by molar-refractivity contribution is 5.88. The van der Waals surface area contributed by atoms with Crippen LogP contribution in [-0.2, 0) is 7.05 Å². The Bertz CT molecular complexity index is 737. The number of hydrogen-bond acceptors (Lipinski definition) is 6. The number of hydrogen-bond donors (Lipinski definition) is 2. The summed E-state index contributed by atoms with van der Waals surface area (Å²) in [7, 11) is 1.85. The van der Waals surface area contributed by atoms with Gasteiger partial charge in [0.05, 0.1) is 11.6 Å². The Kier molecular flexibility index (Phi) is 3.65. The first-order valence-corrected chi connectivity index (χ1v) is 6.60. The van der Waals surface area contributed by atoms with Crippen molar-refractivity contribution in [2.45, 2.75) is 0 Å². The number of nitrogens with zero attached hydrogens (tertiary/aromatic N) is 4. The summed E-state index contributed by atoms with van der Waals surface area (Å²) < 4.78 is 7.16. The molecular formula is C14H16N6O. The molecule has 0 aliphatic carbocycles. The fraction of sp³-hybridized carbons (Fsp3) is 0.214. The van der Waals surface area contributed by atoms with Gasteiger partial charge in [-0.05, 0) is 24.3 Å². The summed E-state index contributed by atoms with van der Waals surface area (Å²) in [5.74, 6) is 1.52. The van der Waals surface area contributed by atoms with Crippen molar-refractivity contribution in [3.63, 3.8) is 0 Å². The average molecular weight is 284 g/mol. The van der Waals surface area contributed by atoms with Crippen molar-refractivity contribution in [3.05, 3.63) is 36.8 Å². The molecule has 7 nitrogen and oxygen atoms in total. The number of aromatic nitrogens is 4. The number of benzene rings is 1. The van der Waals surface area contributed by atoms with Gasteiger partial charge >= 0.3 is 0 Å². The minimum atomic E-state index is 0.500. The molecule has 0 spiro atoms. The molecule has 3 aromatic rings. The van der Waals surface area contributed by atoms with Crippen LogP contribution in [0.15, 0.2) is 36.8 Å². The lowest BCUT2D eigenvalue weighted by Crippen LogP contribution is -2.10. The van der Waals surface area contributed by atoms with Gasteiger partial charge in [-0.1, -0.05) is 0 Å². The van der Waals surface area contributed by atoms with E-state index in [-0.39, 0.29) is 0 Å². The van der Waals surface area contributed by atoms with Crippen LogP contribution >= 0.6 is 0 Å². The summed E-state index contributed by atoms with van der Waals surface area (Å²) in [5, 5.41) is 8.33. The van der Waals surface area contributed by atoms with Gasteiger partial charge in [0.2, 0.25) is 0 Å². The summed E-state index contributed by atoms with van der Waals surface area (Å²) in [5.41, 5.74) is 7.11. The molecule has 0 atom stereocenters. The summed E-state index contributed by atoms with van der Waals surface area (Å²) in [6.45, 7) is 1.01. The Labute approximate surface area is 121 Å². The number of aryl methyl sites for hydroxylation is 1. The molecule has 3 N–H and O–H groups in total. The molecule has 1 aromatic carbocycles. The number of nitrogens with one attached hydrogen (secondary N) is 1. The summed E-state index contributed by atoms with van der Waals surface area (Å²) >= 11 is 0. The van der Waals surface area contributed by atoms with E-state index < -0.39 is 0 Å². The van der Waals surface area contributed by atoms with Gasteiger partial charge < -0.3 is 15.8 Å². The lowest BCUT2D eigenvalue weighted by molar-refractivity contribution is 0.328. The van der Waals surface area contributed by atoms with Crippen molar-refractivity contribution < 1.29 is 4.74 Å². The largest absolute Gasteiger partial charge is 0.492 e. The summed E-state index contributed by atoms with van der Waals surface area (Å²) in [4.78, 5) is 8.47. The maximum Gasteiger partial charge on any atom is 0.163 e. The highest BCUT2D eigenvalue weighted by Gasteiger charge is 2.07. The normalized spacial score (nSPS) is 10.8. The Balaban J connectivity index is 1.82. The van der Waals surface area contributed by atoms with Crippen LogP contribution in [0.2, 0.25) is 0 Å². The van der Waals surface area contributed by atoms with E-state index in [9.17, 15) is 0 Å².